The zero-order valence-corrected chi connectivity index (χ0v) is 10.1. The summed E-state index contributed by atoms with van der Waals surface area (Å²) in [4.78, 5) is 20.8. The van der Waals surface area contributed by atoms with E-state index in [-0.39, 0.29) is 5.41 Å². The monoisotopic (exact) mass is 220 g/mol. The van der Waals surface area contributed by atoms with Gasteiger partial charge in [-0.25, -0.2) is 4.99 Å². The van der Waals surface area contributed by atoms with Gasteiger partial charge in [0.05, 0.1) is 6.54 Å². The Morgan fingerprint density at radius 2 is 2.19 bits per heavy atom. The lowest BCUT2D eigenvalue weighted by Crippen LogP contribution is -2.31. The van der Waals surface area contributed by atoms with Gasteiger partial charge in [0.2, 0.25) is 0 Å². The molecule has 2 heterocycles. The highest BCUT2D eigenvalue weighted by Crippen LogP contribution is 2.33. The third kappa shape index (κ3) is 1.75. The number of hydroxylamine groups is 2. The number of allylic oxidation sites excluding steroid dienone is 2. The van der Waals surface area contributed by atoms with Crippen LogP contribution in [-0.4, -0.2) is 23.7 Å². The molecule has 0 unspecified atom stereocenters. The fraction of sp³-hybridized carbons (Fsp3) is 0.500. The van der Waals surface area contributed by atoms with Gasteiger partial charge < -0.3 is 4.84 Å². The Morgan fingerprint density at radius 3 is 2.75 bits per heavy atom. The Bertz CT molecular complexity index is 425. The highest BCUT2D eigenvalue weighted by molar-refractivity contribution is 5.97. The Kier molecular flexibility index (Phi) is 2.37. The molecule has 4 nitrogen and oxygen atoms in total. The van der Waals surface area contributed by atoms with Crippen LogP contribution in [0.2, 0.25) is 0 Å². The Balaban J connectivity index is 2.31. The first-order valence-electron chi connectivity index (χ1n) is 5.33. The van der Waals surface area contributed by atoms with E-state index in [2.05, 4.69) is 25.8 Å². The van der Waals surface area contributed by atoms with Crippen molar-refractivity contribution in [1.29, 1.82) is 0 Å². The molecule has 2 rings (SSSR count). The van der Waals surface area contributed by atoms with Crippen LogP contribution in [0.5, 0.6) is 0 Å². The van der Waals surface area contributed by atoms with Crippen molar-refractivity contribution in [3.63, 3.8) is 0 Å². The highest BCUT2D eigenvalue weighted by atomic mass is 16.7. The molecule has 0 aliphatic carbocycles. The SMILES string of the molecule is CC1=C(C=O)CN2OC(C(C)(C)C)=CC2=N1. The topological polar surface area (TPSA) is 41.9 Å². The third-order valence-electron chi connectivity index (χ3n) is 2.67. The van der Waals surface area contributed by atoms with Crippen LogP contribution in [0.15, 0.2) is 28.1 Å². The van der Waals surface area contributed by atoms with Crippen molar-refractivity contribution in [2.24, 2.45) is 10.4 Å². The Morgan fingerprint density at radius 1 is 1.50 bits per heavy atom. The van der Waals surface area contributed by atoms with Crippen LogP contribution in [0.3, 0.4) is 0 Å². The summed E-state index contributed by atoms with van der Waals surface area (Å²) in [5.74, 6) is 1.67. The van der Waals surface area contributed by atoms with E-state index in [1.54, 1.807) is 5.06 Å². The first-order valence-corrected chi connectivity index (χ1v) is 5.33. The third-order valence-corrected chi connectivity index (χ3v) is 2.67. The zero-order chi connectivity index (χ0) is 11.9. The molecule has 0 bridgehead atoms. The number of fused-ring (bicyclic) bond motifs is 1. The van der Waals surface area contributed by atoms with E-state index < -0.39 is 0 Å². The van der Waals surface area contributed by atoms with Gasteiger partial charge in [0, 0.05) is 22.8 Å². The average molecular weight is 220 g/mol. The molecule has 0 radical (unpaired) electrons. The molecule has 0 N–H and O–H groups in total. The van der Waals surface area contributed by atoms with Crippen LogP contribution in [0.4, 0.5) is 0 Å². The molecule has 0 aromatic rings. The molecule has 0 saturated carbocycles. The van der Waals surface area contributed by atoms with Crippen molar-refractivity contribution in [2.75, 3.05) is 6.54 Å². The molecule has 0 saturated heterocycles. The summed E-state index contributed by atoms with van der Waals surface area (Å²) in [5, 5.41) is 1.66. The normalized spacial score (nSPS) is 20.1. The zero-order valence-electron chi connectivity index (χ0n) is 10.1. The minimum atomic E-state index is -0.0465. The fourth-order valence-electron chi connectivity index (χ4n) is 1.57. The van der Waals surface area contributed by atoms with Crippen LogP contribution < -0.4 is 0 Å². The second kappa shape index (κ2) is 3.47. The second-order valence-corrected chi connectivity index (χ2v) is 5.08. The number of rotatable bonds is 1. The molecular formula is C12H16N2O2. The fourth-order valence-corrected chi connectivity index (χ4v) is 1.57. The largest absolute Gasteiger partial charge is 0.382 e. The van der Waals surface area contributed by atoms with E-state index in [4.69, 9.17) is 4.84 Å². The predicted octanol–water partition coefficient (Wildman–Crippen LogP) is 2.05. The Hall–Kier alpha value is -1.58. The van der Waals surface area contributed by atoms with E-state index in [1.165, 1.54) is 0 Å². The van der Waals surface area contributed by atoms with E-state index in [1.807, 2.05) is 13.0 Å². The van der Waals surface area contributed by atoms with Crippen LogP contribution >= 0.6 is 0 Å². The van der Waals surface area contributed by atoms with Crippen LogP contribution in [0, 0.1) is 5.41 Å². The van der Waals surface area contributed by atoms with Gasteiger partial charge in [-0.1, -0.05) is 20.8 Å². The standard InChI is InChI=1S/C12H16N2O2/c1-8-9(7-15)6-14-11(13-8)5-10(16-14)12(2,3)4/h5,7H,6H2,1-4H3. The number of aldehydes is 1. The lowest BCUT2D eigenvalue weighted by molar-refractivity contribution is -0.106. The number of aliphatic imine (C=N–C) groups is 1. The van der Waals surface area contributed by atoms with Crippen molar-refractivity contribution in [3.05, 3.63) is 23.1 Å². The molecule has 4 heteroatoms. The molecule has 0 amide bonds. The summed E-state index contributed by atoms with van der Waals surface area (Å²) in [6, 6.07) is 0. The molecule has 0 aromatic heterocycles. The summed E-state index contributed by atoms with van der Waals surface area (Å²) >= 11 is 0. The number of hydrogen-bond acceptors (Lipinski definition) is 4. The summed E-state index contributed by atoms with van der Waals surface area (Å²) in [5.41, 5.74) is 1.40. The first kappa shape index (κ1) is 10.9. The average Bonchev–Trinajstić information content (AvgIpc) is 2.58. The molecule has 2 aliphatic heterocycles. The van der Waals surface area contributed by atoms with Crippen LogP contribution in [-0.2, 0) is 9.63 Å². The van der Waals surface area contributed by atoms with E-state index in [0.717, 1.165) is 23.6 Å². The summed E-state index contributed by atoms with van der Waals surface area (Å²) in [6.45, 7) is 8.57. The van der Waals surface area contributed by atoms with Crippen LogP contribution in [0.1, 0.15) is 27.7 Å². The highest BCUT2D eigenvalue weighted by Gasteiger charge is 2.32. The van der Waals surface area contributed by atoms with E-state index in [0.29, 0.717) is 12.1 Å². The molecule has 86 valence electrons. The maximum absolute atomic E-state index is 10.8. The molecule has 0 atom stereocenters. The lowest BCUT2D eigenvalue weighted by atomic mass is 9.94. The van der Waals surface area contributed by atoms with Crippen molar-refractivity contribution < 1.29 is 9.63 Å². The van der Waals surface area contributed by atoms with Gasteiger partial charge in [-0.2, -0.15) is 5.06 Å². The molecule has 2 aliphatic rings. The maximum atomic E-state index is 10.8. The number of carbonyl (C=O) groups excluding carboxylic acids is 1. The Labute approximate surface area is 95.2 Å². The predicted molar refractivity (Wildman–Crippen MR) is 61.5 cm³/mol. The van der Waals surface area contributed by atoms with Gasteiger partial charge in [-0.05, 0) is 6.92 Å². The van der Waals surface area contributed by atoms with Crippen molar-refractivity contribution >= 4 is 12.1 Å². The number of hydrogen-bond donors (Lipinski definition) is 0. The summed E-state index contributed by atoms with van der Waals surface area (Å²) in [7, 11) is 0. The minimum Gasteiger partial charge on any atom is -0.382 e. The minimum absolute atomic E-state index is 0.0465. The van der Waals surface area contributed by atoms with Crippen molar-refractivity contribution in [1.82, 2.24) is 5.06 Å². The van der Waals surface area contributed by atoms with Gasteiger partial charge >= 0.3 is 0 Å². The second-order valence-electron chi connectivity index (χ2n) is 5.08. The van der Waals surface area contributed by atoms with Crippen LogP contribution in [0.25, 0.3) is 0 Å². The van der Waals surface area contributed by atoms with Gasteiger partial charge in [0.25, 0.3) is 0 Å². The summed E-state index contributed by atoms with van der Waals surface area (Å²) in [6.07, 6.45) is 2.78. The number of amidine groups is 1. The van der Waals surface area contributed by atoms with Gasteiger partial charge in [-0.3, -0.25) is 4.79 Å². The molecular weight excluding hydrogens is 204 g/mol. The van der Waals surface area contributed by atoms with E-state index in [9.17, 15) is 4.79 Å². The first-order chi connectivity index (χ1) is 7.41. The van der Waals surface area contributed by atoms with Gasteiger partial charge in [0.15, 0.2) is 5.84 Å². The maximum Gasteiger partial charge on any atom is 0.167 e. The van der Waals surface area contributed by atoms with E-state index >= 15 is 0 Å². The lowest BCUT2D eigenvalue weighted by Gasteiger charge is -2.25. The molecule has 0 aromatic carbocycles. The molecule has 0 fully saturated rings. The van der Waals surface area contributed by atoms with Gasteiger partial charge in [0.1, 0.15) is 12.0 Å². The smallest absolute Gasteiger partial charge is 0.167 e. The summed E-state index contributed by atoms with van der Waals surface area (Å²) < 4.78 is 0. The number of carbonyl (C=O) groups is 1. The van der Waals surface area contributed by atoms with Crippen molar-refractivity contribution in [3.8, 4) is 0 Å². The molecule has 16 heavy (non-hydrogen) atoms. The van der Waals surface area contributed by atoms with Crippen molar-refractivity contribution in [2.45, 2.75) is 27.7 Å². The molecule has 0 spiro atoms. The van der Waals surface area contributed by atoms with Gasteiger partial charge in [-0.15, -0.1) is 0 Å². The quantitative estimate of drug-likeness (QED) is 0.635. The number of nitrogens with zero attached hydrogens (tertiary/aromatic N) is 2.